The number of aromatic amines is 1. The van der Waals surface area contributed by atoms with Gasteiger partial charge in [-0.1, -0.05) is 0 Å². The summed E-state index contributed by atoms with van der Waals surface area (Å²) >= 11 is 0. The smallest absolute Gasteiger partial charge is 0.257 e. The van der Waals surface area contributed by atoms with Gasteiger partial charge in [0.25, 0.3) is 5.91 Å². The number of pyridine rings is 1. The van der Waals surface area contributed by atoms with Crippen molar-refractivity contribution in [2.24, 2.45) is 0 Å². The van der Waals surface area contributed by atoms with Gasteiger partial charge >= 0.3 is 0 Å². The van der Waals surface area contributed by atoms with Gasteiger partial charge < -0.3 is 9.80 Å². The number of likely N-dealkylation sites (tertiary alicyclic amines) is 2. The number of hydrogen-bond donors (Lipinski definition) is 1. The minimum atomic E-state index is 0.0957. The number of carbonyl (C=O) groups excluding carboxylic acids is 1. The predicted molar refractivity (Wildman–Crippen MR) is 91.5 cm³/mol. The van der Waals surface area contributed by atoms with Crippen LogP contribution in [0, 0.1) is 0 Å². The summed E-state index contributed by atoms with van der Waals surface area (Å²) in [6, 6.07) is 4.62. The zero-order valence-electron chi connectivity index (χ0n) is 14.0. The molecule has 0 bridgehead atoms. The Balaban J connectivity index is 1.61. The van der Waals surface area contributed by atoms with Gasteiger partial charge in [-0.15, -0.1) is 0 Å². The number of H-pyrrole nitrogens is 1. The SMILES string of the molecule is CN1CCC[C@H]1[C@H]1CCCN1C(=O)c1cn[nH]c1-c1ccncc1. The molecule has 126 valence electrons. The number of rotatable bonds is 3. The van der Waals surface area contributed by atoms with Gasteiger partial charge in [0.2, 0.25) is 0 Å². The van der Waals surface area contributed by atoms with Crippen molar-refractivity contribution < 1.29 is 4.79 Å². The summed E-state index contributed by atoms with van der Waals surface area (Å²) in [6.45, 7) is 1.98. The van der Waals surface area contributed by atoms with E-state index in [1.165, 1.54) is 12.8 Å². The second kappa shape index (κ2) is 6.36. The Kier molecular flexibility index (Phi) is 4.06. The lowest BCUT2D eigenvalue weighted by Crippen LogP contribution is -2.47. The molecule has 6 nitrogen and oxygen atoms in total. The van der Waals surface area contributed by atoms with Gasteiger partial charge in [-0.3, -0.25) is 14.9 Å². The van der Waals surface area contributed by atoms with E-state index in [0.29, 0.717) is 17.6 Å². The Hall–Kier alpha value is -2.21. The van der Waals surface area contributed by atoms with Gasteiger partial charge in [0.05, 0.1) is 17.5 Å². The summed E-state index contributed by atoms with van der Waals surface area (Å²) in [7, 11) is 2.18. The molecule has 2 aromatic rings. The molecule has 2 atom stereocenters. The first-order valence-corrected chi connectivity index (χ1v) is 8.70. The van der Waals surface area contributed by atoms with Gasteiger partial charge in [-0.05, 0) is 51.4 Å². The van der Waals surface area contributed by atoms with Crippen LogP contribution in [0.2, 0.25) is 0 Å². The Morgan fingerprint density at radius 2 is 1.92 bits per heavy atom. The summed E-state index contributed by atoms with van der Waals surface area (Å²) in [5.74, 6) is 0.0957. The summed E-state index contributed by atoms with van der Waals surface area (Å²) < 4.78 is 0. The van der Waals surface area contributed by atoms with Crippen molar-refractivity contribution >= 4 is 5.91 Å². The molecular formula is C18H23N5O. The van der Waals surface area contributed by atoms with Crippen molar-refractivity contribution in [2.75, 3.05) is 20.1 Å². The number of carbonyl (C=O) groups is 1. The van der Waals surface area contributed by atoms with Crippen molar-refractivity contribution in [3.05, 3.63) is 36.3 Å². The predicted octanol–water partition coefficient (Wildman–Crippen LogP) is 2.17. The first-order valence-electron chi connectivity index (χ1n) is 8.70. The molecule has 0 saturated carbocycles. The average Bonchev–Trinajstić information content (AvgIpc) is 3.34. The van der Waals surface area contributed by atoms with Crippen LogP contribution in [0.1, 0.15) is 36.0 Å². The highest BCUT2D eigenvalue weighted by atomic mass is 16.2. The van der Waals surface area contributed by atoms with E-state index in [1.807, 2.05) is 12.1 Å². The molecule has 2 aromatic heterocycles. The Labute approximate surface area is 141 Å². The first kappa shape index (κ1) is 15.3. The summed E-state index contributed by atoms with van der Waals surface area (Å²) in [4.78, 5) is 21.7. The van der Waals surface area contributed by atoms with Crippen LogP contribution < -0.4 is 0 Å². The molecule has 0 aliphatic carbocycles. The minimum absolute atomic E-state index is 0.0957. The Morgan fingerprint density at radius 1 is 1.17 bits per heavy atom. The Morgan fingerprint density at radius 3 is 2.67 bits per heavy atom. The van der Waals surface area contributed by atoms with Crippen molar-refractivity contribution in [1.29, 1.82) is 0 Å². The number of nitrogens with zero attached hydrogens (tertiary/aromatic N) is 4. The fraction of sp³-hybridized carbons (Fsp3) is 0.500. The fourth-order valence-corrected chi connectivity index (χ4v) is 4.21. The van der Waals surface area contributed by atoms with E-state index < -0.39 is 0 Å². The van der Waals surface area contributed by atoms with Crippen molar-refractivity contribution in [3.63, 3.8) is 0 Å². The van der Waals surface area contributed by atoms with Crippen LogP contribution in [0.4, 0.5) is 0 Å². The van der Waals surface area contributed by atoms with E-state index in [9.17, 15) is 4.79 Å². The highest BCUT2D eigenvalue weighted by molar-refractivity contribution is 6.00. The van der Waals surface area contributed by atoms with Gasteiger partial charge in [0, 0.05) is 36.6 Å². The Bertz CT molecular complexity index is 713. The molecule has 2 saturated heterocycles. The van der Waals surface area contributed by atoms with Crippen LogP contribution in [0.15, 0.2) is 30.7 Å². The van der Waals surface area contributed by atoms with E-state index in [1.54, 1.807) is 18.6 Å². The van der Waals surface area contributed by atoms with E-state index in [0.717, 1.165) is 37.2 Å². The third-order valence-electron chi connectivity index (χ3n) is 5.42. The zero-order chi connectivity index (χ0) is 16.5. The first-order chi connectivity index (χ1) is 11.8. The average molecular weight is 325 g/mol. The van der Waals surface area contributed by atoms with Gasteiger partial charge in [0.1, 0.15) is 0 Å². The van der Waals surface area contributed by atoms with Crippen LogP contribution >= 0.6 is 0 Å². The normalized spacial score (nSPS) is 24.6. The highest BCUT2D eigenvalue weighted by Gasteiger charge is 2.39. The monoisotopic (exact) mass is 325 g/mol. The lowest BCUT2D eigenvalue weighted by atomic mass is 10.0. The molecule has 4 rings (SSSR count). The van der Waals surface area contributed by atoms with E-state index >= 15 is 0 Å². The van der Waals surface area contributed by atoms with Crippen LogP contribution in [0.3, 0.4) is 0 Å². The highest BCUT2D eigenvalue weighted by Crippen LogP contribution is 2.31. The molecule has 4 heterocycles. The van der Waals surface area contributed by atoms with E-state index in [4.69, 9.17) is 0 Å². The van der Waals surface area contributed by atoms with Gasteiger partial charge in [0.15, 0.2) is 0 Å². The van der Waals surface area contributed by atoms with Crippen molar-refractivity contribution in [3.8, 4) is 11.3 Å². The number of amides is 1. The maximum Gasteiger partial charge on any atom is 0.257 e. The number of hydrogen-bond acceptors (Lipinski definition) is 4. The van der Waals surface area contributed by atoms with Crippen LogP contribution in [0.5, 0.6) is 0 Å². The molecule has 1 amide bonds. The zero-order valence-corrected chi connectivity index (χ0v) is 14.0. The molecule has 0 unspecified atom stereocenters. The maximum absolute atomic E-state index is 13.2. The topological polar surface area (TPSA) is 65.1 Å². The minimum Gasteiger partial charge on any atom is -0.334 e. The summed E-state index contributed by atoms with van der Waals surface area (Å²) in [5.41, 5.74) is 2.39. The third-order valence-corrected chi connectivity index (χ3v) is 5.42. The molecular weight excluding hydrogens is 302 g/mol. The van der Waals surface area contributed by atoms with E-state index in [-0.39, 0.29) is 5.91 Å². The molecule has 0 radical (unpaired) electrons. The molecule has 2 aliphatic rings. The van der Waals surface area contributed by atoms with Crippen LogP contribution in [-0.2, 0) is 0 Å². The fourth-order valence-electron chi connectivity index (χ4n) is 4.21. The molecule has 24 heavy (non-hydrogen) atoms. The summed E-state index contributed by atoms with van der Waals surface area (Å²) in [6.07, 6.45) is 9.73. The standard InChI is InChI=1S/C18H23N5O/c1-22-10-2-4-15(22)16-5-3-11-23(16)18(24)14-12-20-21-17(14)13-6-8-19-9-7-13/h6-9,12,15-16H,2-5,10-11H2,1H3,(H,20,21)/t15-,16+/m0/s1. The largest absolute Gasteiger partial charge is 0.334 e. The van der Waals surface area contributed by atoms with Crippen molar-refractivity contribution in [2.45, 2.75) is 37.8 Å². The number of aromatic nitrogens is 3. The van der Waals surface area contributed by atoms with E-state index in [2.05, 4.69) is 32.0 Å². The quantitative estimate of drug-likeness (QED) is 0.939. The maximum atomic E-state index is 13.2. The van der Waals surface area contributed by atoms with Crippen LogP contribution in [-0.4, -0.2) is 63.1 Å². The lowest BCUT2D eigenvalue weighted by Gasteiger charge is -2.33. The second-order valence-corrected chi connectivity index (χ2v) is 6.79. The van der Waals surface area contributed by atoms with Crippen molar-refractivity contribution in [1.82, 2.24) is 25.0 Å². The molecule has 2 fully saturated rings. The summed E-state index contributed by atoms with van der Waals surface area (Å²) in [5, 5.41) is 7.11. The molecule has 0 spiro atoms. The molecule has 1 N–H and O–H groups in total. The number of nitrogens with one attached hydrogen (secondary N) is 1. The van der Waals surface area contributed by atoms with Gasteiger partial charge in [-0.2, -0.15) is 5.10 Å². The number of likely N-dealkylation sites (N-methyl/N-ethyl adjacent to an activating group) is 1. The van der Waals surface area contributed by atoms with Gasteiger partial charge in [-0.25, -0.2) is 0 Å². The second-order valence-electron chi connectivity index (χ2n) is 6.79. The third kappa shape index (κ3) is 2.60. The lowest BCUT2D eigenvalue weighted by molar-refractivity contribution is 0.0665. The molecule has 2 aliphatic heterocycles. The molecule has 6 heteroatoms. The van der Waals surface area contributed by atoms with Crippen LogP contribution in [0.25, 0.3) is 11.3 Å². The molecule has 0 aromatic carbocycles.